The third-order valence-corrected chi connectivity index (χ3v) is 19.1. The smallest absolute Gasteiger partial charge is 0.481 e. The minimum absolute atomic E-state index is 0. The summed E-state index contributed by atoms with van der Waals surface area (Å²) in [5, 5.41) is 49.8. The molecule has 0 aromatic heterocycles. The van der Waals surface area contributed by atoms with Crippen LogP contribution in [-0.4, -0.2) is 181 Å². The SMILES string of the molecule is Brc1ccc(I)cc1.C=CC[C@H](NC(=O)OC(C)(C)C)C(=O)O.C=CC[C@H](NC(=O)OC(C)(C)C)C(=O)OC1CCCC1.CC(=O)O.CC(=O)O.CC(=O)O.CC(C)(C)OC(=O)N[C@@H](C/C=C/c1ccc(B2OC(C)(C)C(C)(C)O2)cc1)C(=O)OC1CCCC1.CC(C)(C)OC(=O)N[C@@H](C/C=C/c1ccc(Br)cc1)C(=O)OC1CCCC1.OC1CCCC1.[Pd]. The topological polar surface area (TPSA) is 420 Å². The van der Waals surface area contributed by atoms with Gasteiger partial charge in [-0.05, 0) is 302 Å². The number of aliphatic hydroxyl groups is 1. The average molecular weight is 2080 g/mol. The van der Waals surface area contributed by atoms with E-state index in [4.69, 9.17) is 82.4 Å². The van der Waals surface area contributed by atoms with Crippen LogP contribution in [-0.2, 0) is 96.5 Å². The van der Waals surface area contributed by atoms with Crippen molar-refractivity contribution >= 4 is 145 Å². The molecule has 700 valence electrons. The molecule has 8 rings (SSSR count). The molecule has 0 spiro atoms. The Balaban J connectivity index is 0. The molecule has 9 N–H and O–H groups in total. The minimum atomic E-state index is -1.11. The van der Waals surface area contributed by atoms with Crippen LogP contribution >= 0.6 is 54.5 Å². The molecule has 0 radical (unpaired) electrons. The van der Waals surface area contributed by atoms with Crippen LogP contribution in [0.1, 0.15) is 271 Å². The van der Waals surface area contributed by atoms with Gasteiger partial charge in [0, 0.05) is 53.7 Å². The number of carboxylic acid groups (broad SMARTS) is 4. The van der Waals surface area contributed by atoms with E-state index in [0.717, 1.165) is 136 Å². The maximum atomic E-state index is 12.8. The van der Waals surface area contributed by atoms with Gasteiger partial charge < -0.3 is 89.3 Å². The van der Waals surface area contributed by atoms with Gasteiger partial charge in [0.1, 0.15) is 64.9 Å². The summed E-state index contributed by atoms with van der Waals surface area (Å²) in [6.45, 7) is 39.5. The Morgan fingerprint density at radius 3 is 0.927 bits per heavy atom. The Morgan fingerprint density at radius 1 is 0.444 bits per heavy atom. The normalized spacial score (nSPS) is 16.2. The molecule has 1 saturated heterocycles. The fourth-order valence-electron chi connectivity index (χ4n) is 11.1. The third-order valence-electron chi connectivity index (χ3n) is 17.3. The maximum Gasteiger partial charge on any atom is 0.494 e. The van der Waals surface area contributed by atoms with Gasteiger partial charge >= 0.3 is 55.4 Å². The van der Waals surface area contributed by atoms with Crippen molar-refractivity contribution in [3.05, 3.63) is 134 Å². The van der Waals surface area contributed by atoms with E-state index >= 15 is 0 Å². The van der Waals surface area contributed by atoms with Gasteiger partial charge in [0.25, 0.3) is 17.9 Å². The Kier molecular flexibility index (Phi) is 58.1. The molecule has 1 aliphatic heterocycles. The van der Waals surface area contributed by atoms with Gasteiger partial charge in [-0.25, -0.2) is 38.4 Å². The number of carboxylic acids is 4. The summed E-state index contributed by atoms with van der Waals surface area (Å²) in [6, 6.07) is 20.6. The second-order valence-electron chi connectivity index (χ2n) is 34.2. The van der Waals surface area contributed by atoms with E-state index in [9.17, 15) is 38.4 Å². The Bertz CT molecular complexity index is 3700. The van der Waals surface area contributed by atoms with E-state index in [0.29, 0.717) is 19.3 Å². The molecule has 34 heteroatoms. The van der Waals surface area contributed by atoms with Gasteiger partial charge in [-0.1, -0.05) is 118 Å². The van der Waals surface area contributed by atoms with Crippen molar-refractivity contribution in [3.8, 4) is 0 Å². The van der Waals surface area contributed by atoms with Crippen molar-refractivity contribution in [3.63, 3.8) is 0 Å². The van der Waals surface area contributed by atoms with Crippen LogP contribution in [0, 0.1) is 3.57 Å². The van der Waals surface area contributed by atoms with Crippen LogP contribution in [0.2, 0.25) is 0 Å². The molecule has 3 aromatic carbocycles. The van der Waals surface area contributed by atoms with Gasteiger partial charge in [-0.15, -0.1) is 13.2 Å². The Morgan fingerprint density at radius 2 is 0.685 bits per heavy atom. The number of halogens is 3. The molecule has 5 fully saturated rings. The third kappa shape index (κ3) is 60.8. The summed E-state index contributed by atoms with van der Waals surface area (Å²) in [7, 11) is -0.411. The molecular weight excluding hydrogens is 1940 g/mol. The van der Waals surface area contributed by atoms with Crippen LogP contribution in [0.25, 0.3) is 12.2 Å². The zero-order chi connectivity index (χ0) is 94.1. The van der Waals surface area contributed by atoms with Crippen LogP contribution in [0.4, 0.5) is 19.2 Å². The van der Waals surface area contributed by atoms with Gasteiger partial charge in [-0.3, -0.25) is 14.4 Å². The number of amides is 4. The van der Waals surface area contributed by atoms with E-state index in [1.165, 1.54) is 22.5 Å². The number of esters is 3. The van der Waals surface area contributed by atoms with Crippen LogP contribution in [0.15, 0.2) is 119 Å². The number of alkyl carbamates (subject to hydrolysis) is 4. The first-order chi connectivity index (χ1) is 56.9. The standard InChI is InChI=1S/C27H40BNO6.C21H28BrNO4.C15H25NO4.C10H17NO4.C6H4BrI.C5H10O.3C2H4O2.Pd/c1-25(2,3)33-24(31)29-22(23(30)32-21-12-8-9-13-21)14-10-11-19-15-17-20(18-16-19)28-34-26(4,5)27(6,7)35-28;1-21(2,3)27-20(25)23-18(19(24)26-17-8-4-5-9-17)10-6-7-15-11-13-16(22)14-12-15;1-5-8-12(16-14(18)20-15(2,3)4)13(17)19-11-9-6-7-10-11;1-5-6-7(8(12)13)11-9(14)15-10(2,3)4;7-5-1-3-6(8)4-2-5;6-5-3-1-2-4-5;3*1-2(3)4;/h10-11,15-18,21-22H,8-9,12-14H2,1-7H3,(H,29,31);6-7,11-14,17-18H,4-5,8-10H2,1-3H3,(H,23,25);5,11-12H,1,6-10H2,2-4H3,(H,16,18);5,7H,1,6H2,2-4H3,(H,11,14)(H,12,13);1-4H;5-6H,1-4H2;3*1H3,(H,3,4);/b11-10+;7-6+;;;;;;;;/t22-;18-;12-;7-;;;;;;/m0000....../s1. The van der Waals surface area contributed by atoms with Gasteiger partial charge in [0.2, 0.25) is 0 Å². The van der Waals surface area contributed by atoms with E-state index in [-0.39, 0.29) is 62.5 Å². The number of carbonyl (C=O) groups excluding carboxylic acids is 7. The number of hydrogen-bond acceptors (Lipinski definition) is 21. The predicted molar refractivity (Wildman–Crippen MR) is 490 cm³/mol. The first-order valence-electron chi connectivity index (χ1n) is 41.2. The van der Waals surface area contributed by atoms with Crippen LogP contribution < -0.4 is 26.7 Å². The predicted octanol–water partition coefficient (Wildman–Crippen LogP) is 18.7. The quantitative estimate of drug-likeness (QED) is 0.0148. The molecule has 124 heavy (non-hydrogen) atoms. The molecule has 4 saturated carbocycles. The minimum Gasteiger partial charge on any atom is -0.481 e. The number of benzene rings is 3. The first-order valence-corrected chi connectivity index (χ1v) is 43.9. The molecule has 1 heterocycles. The summed E-state index contributed by atoms with van der Waals surface area (Å²) in [6.07, 6.45) is 25.3. The largest absolute Gasteiger partial charge is 0.494 e. The molecule has 4 aliphatic carbocycles. The fourth-order valence-corrected chi connectivity index (χ4v) is 12.0. The first kappa shape index (κ1) is 118. The van der Waals surface area contributed by atoms with Crippen molar-refractivity contribution in [2.45, 2.75) is 342 Å². The van der Waals surface area contributed by atoms with Crippen LogP contribution in [0.3, 0.4) is 0 Å². The van der Waals surface area contributed by atoms with Crippen molar-refractivity contribution < 1.29 is 141 Å². The summed E-state index contributed by atoms with van der Waals surface area (Å²) < 4.78 is 52.9. The summed E-state index contributed by atoms with van der Waals surface area (Å²) in [5.41, 5.74) is -0.372. The number of aliphatic carboxylic acids is 4. The monoisotopic (exact) mass is 2070 g/mol. The number of nitrogens with one attached hydrogen (secondary N) is 4. The second-order valence-corrected chi connectivity index (χ2v) is 37.3. The van der Waals surface area contributed by atoms with Gasteiger partial charge in [0.15, 0.2) is 0 Å². The van der Waals surface area contributed by atoms with E-state index < -0.39 is 120 Å². The van der Waals surface area contributed by atoms with Crippen LogP contribution in [0.5, 0.6) is 0 Å². The molecule has 29 nitrogen and oxygen atoms in total. The molecule has 5 aliphatic rings. The number of aliphatic hydroxyl groups excluding tert-OH is 1. The molecule has 4 atom stereocenters. The number of ether oxygens (including phenoxy) is 7. The van der Waals surface area contributed by atoms with Crippen molar-refractivity contribution in [1.82, 2.24) is 21.3 Å². The van der Waals surface area contributed by atoms with Crippen molar-refractivity contribution in [2.24, 2.45) is 0 Å². The van der Waals surface area contributed by atoms with Gasteiger partial charge in [-0.2, -0.15) is 0 Å². The fraction of sp³-hybridized carbons (Fsp3) is 0.589. The number of rotatable bonds is 22. The number of hydrogen-bond donors (Lipinski definition) is 9. The van der Waals surface area contributed by atoms with Crippen molar-refractivity contribution in [2.75, 3.05) is 0 Å². The summed E-state index contributed by atoms with van der Waals surface area (Å²) in [4.78, 5) is 122. The van der Waals surface area contributed by atoms with Crippen molar-refractivity contribution in [1.29, 1.82) is 0 Å². The zero-order valence-corrected chi connectivity index (χ0v) is 82.4. The molecule has 0 bridgehead atoms. The summed E-state index contributed by atoms with van der Waals surface area (Å²) >= 11 is 9.02. The molecular formula is C90H136BBr2IN4O25Pd. The number of carbonyl (C=O) groups is 11. The zero-order valence-electron chi connectivity index (χ0n) is 75.5. The Labute approximate surface area is 778 Å². The second kappa shape index (κ2) is 60.9. The maximum absolute atomic E-state index is 12.8. The van der Waals surface area contributed by atoms with E-state index in [1.54, 1.807) is 89.2 Å². The van der Waals surface area contributed by atoms with E-state index in [1.807, 2.05) is 113 Å². The average Bonchev–Trinajstić information content (AvgIpc) is 1.62. The molecule has 0 unspecified atom stereocenters. The Hall–Kier alpha value is -7.71. The molecule has 4 amide bonds. The summed E-state index contributed by atoms with van der Waals surface area (Å²) in [5.74, 6) is -4.86. The van der Waals surface area contributed by atoms with E-state index in [2.05, 4.69) is 101 Å². The molecule has 3 aromatic rings. The van der Waals surface area contributed by atoms with Gasteiger partial charge in [0.05, 0.1) is 17.3 Å².